The van der Waals surface area contributed by atoms with E-state index < -0.39 is 18.2 Å². The van der Waals surface area contributed by atoms with Crippen molar-refractivity contribution >= 4 is 23.5 Å². The number of pyridine rings is 1. The number of rotatable bonds is 5. The predicted molar refractivity (Wildman–Crippen MR) is 97.1 cm³/mol. The monoisotopic (exact) mass is 421 g/mol. The summed E-state index contributed by atoms with van der Waals surface area (Å²) < 4.78 is 46.8. The second kappa shape index (κ2) is 8.59. The molecule has 2 aromatic heterocycles. The number of alkyl halides is 3. The first-order valence-electron chi connectivity index (χ1n) is 8.38. The number of nitrogens with zero attached hydrogens (tertiary/aromatic N) is 3. The van der Waals surface area contributed by atoms with Crippen molar-refractivity contribution in [3.8, 4) is 11.4 Å². The standard InChI is InChI=1S/C18H14F3N5O4/c1-10(27)23-14-7-2-11(8-22-14)9-29-17(28)24-13-5-3-12(4-6-13)15-25-16(30-26-15)18(19,20)21/h2-8H,9H2,1H3,(H,24,28)(H,22,23,27). The van der Waals surface area contributed by atoms with Gasteiger partial charge in [0, 0.05) is 29.9 Å². The summed E-state index contributed by atoms with van der Waals surface area (Å²) in [6.07, 6.45) is -4.02. The summed E-state index contributed by atoms with van der Waals surface area (Å²) in [4.78, 5) is 30.1. The average molecular weight is 421 g/mol. The van der Waals surface area contributed by atoms with Crippen LogP contribution in [0.3, 0.4) is 0 Å². The lowest BCUT2D eigenvalue weighted by Crippen LogP contribution is -2.13. The molecule has 156 valence electrons. The molecule has 0 unspecified atom stereocenters. The Kier molecular flexibility index (Phi) is 5.95. The second-order valence-electron chi connectivity index (χ2n) is 5.93. The van der Waals surface area contributed by atoms with Crippen LogP contribution < -0.4 is 10.6 Å². The zero-order valence-electron chi connectivity index (χ0n) is 15.4. The van der Waals surface area contributed by atoms with Crippen molar-refractivity contribution in [2.45, 2.75) is 19.7 Å². The fraction of sp³-hybridized carbons (Fsp3) is 0.167. The SMILES string of the molecule is CC(=O)Nc1ccc(COC(=O)Nc2ccc(-c3noc(C(F)(F)F)n3)cc2)cn1. The highest BCUT2D eigenvalue weighted by atomic mass is 19.4. The number of carbonyl (C=O) groups excluding carboxylic acids is 2. The highest BCUT2D eigenvalue weighted by Gasteiger charge is 2.38. The normalized spacial score (nSPS) is 11.1. The van der Waals surface area contributed by atoms with Gasteiger partial charge in [0.25, 0.3) is 0 Å². The Morgan fingerprint density at radius 2 is 1.83 bits per heavy atom. The van der Waals surface area contributed by atoms with Crippen LogP contribution in [-0.2, 0) is 22.3 Å². The maximum absolute atomic E-state index is 12.5. The molecule has 0 saturated heterocycles. The largest absolute Gasteiger partial charge is 0.471 e. The van der Waals surface area contributed by atoms with E-state index in [1.807, 2.05) is 0 Å². The molecule has 0 fully saturated rings. The lowest BCUT2D eigenvalue weighted by molar-refractivity contribution is -0.159. The van der Waals surface area contributed by atoms with Crippen molar-refractivity contribution in [1.82, 2.24) is 15.1 Å². The van der Waals surface area contributed by atoms with E-state index >= 15 is 0 Å². The summed E-state index contributed by atoms with van der Waals surface area (Å²) in [6, 6.07) is 8.95. The van der Waals surface area contributed by atoms with E-state index in [4.69, 9.17) is 4.74 Å². The minimum Gasteiger partial charge on any atom is -0.444 e. The van der Waals surface area contributed by atoms with Crippen LogP contribution >= 0.6 is 0 Å². The lowest BCUT2D eigenvalue weighted by atomic mass is 10.2. The molecule has 2 heterocycles. The van der Waals surface area contributed by atoms with Gasteiger partial charge in [-0.1, -0.05) is 11.2 Å². The number of benzene rings is 1. The minimum absolute atomic E-state index is 0.0552. The van der Waals surface area contributed by atoms with Crippen LogP contribution in [0.1, 0.15) is 18.4 Å². The smallest absolute Gasteiger partial charge is 0.444 e. The number of hydrogen-bond donors (Lipinski definition) is 2. The van der Waals surface area contributed by atoms with Gasteiger partial charge in [-0.3, -0.25) is 10.1 Å². The van der Waals surface area contributed by atoms with E-state index in [9.17, 15) is 22.8 Å². The number of nitrogens with one attached hydrogen (secondary N) is 2. The van der Waals surface area contributed by atoms with Gasteiger partial charge in [0.2, 0.25) is 11.7 Å². The molecule has 9 nitrogen and oxygen atoms in total. The van der Waals surface area contributed by atoms with E-state index in [1.165, 1.54) is 37.4 Å². The highest BCUT2D eigenvalue weighted by molar-refractivity contribution is 5.87. The van der Waals surface area contributed by atoms with E-state index in [0.717, 1.165) is 0 Å². The summed E-state index contributed by atoms with van der Waals surface area (Å²) in [7, 11) is 0. The van der Waals surface area contributed by atoms with Crippen LogP contribution in [0, 0.1) is 0 Å². The quantitative estimate of drug-likeness (QED) is 0.642. The molecule has 0 atom stereocenters. The van der Waals surface area contributed by atoms with Gasteiger partial charge in [-0.05, 0) is 30.3 Å². The molecule has 0 saturated carbocycles. The Balaban J connectivity index is 1.53. The molecule has 0 aliphatic rings. The Labute approximate surface area is 167 Å². The molecular weight excluding hydrogens is 407 g/mol. The zero-order chi connectivity index (χ0) is 21.7. The van der Waals surface area contributed by atoms with Crippen molar-refractivity contribution in [3.05, 3.63) is 54.0 Å². The van der Waals surface area contributed by atoms with Crippen LogP contribution in [0.15, 0.2) is 47.1 Å². The van der Waals surface area contributed by atoms with Crippen molar-refractivity contribution in [1.29, 1.82) is 0 Å². The lowest BCUT2D eigenvalue weighted by Gasteiger charge is -2.08. The van der Waals surface area contributed by atoms with Crippen LogP contribution in [0.5, 0.6) is 0 Å². The van der Waals surface area contributed by atoms with Crippen LogP contribution in [0.2, 0.25) is 0 Å². The first-order valence-corrected chi connectivity index (χ1v) is 8.38. The maximum Gasteiger partial charge on any atom is 0.471 e. The molecule has 3 aromatic rings. The second-order valence-corrected chi connectivity index (χ2v) is 5.93. The van der Waals surface area contributed by atoms with E-state index in [2.05, 4.69) is 30.3 Å². The molecule has 30 heavy (non-hydrogen) atoms. The van der Waals surface area contributed by atoms with Gasteiger partial charge in [0.1, 0.15) is 12.4 Å². The average Bonchev–Trinajstić information content (AvgIpc) is 3.18. The van der Waals surface area contributed by atoms with Gasteiger partial charge in [-0.15, -0.1) is 0 Å². The Morgan fingerprint density at radius 1 is 1.10 bits per heavy atom. The van der Waals surface area contributed by atoms with Crippen LogP contribution in [-0.4, -0.2) is 27.1 Å². The number of carbonyl (C=O) groups is 2. The number of aromatic nitrogens is 3. The molecule has 2 N–H and O–H groups in total. The Bertz CT molecular complexity index is 1030. The topological polar surface area (TPSA) is 119 Å². The van der Waals surface area contributed by atoms with E-state index in [0.29, 0.717) is 17.1 Å². The number of amides is 2. The zero-order valence-corrected chi connectivity index (χ0v) is 15.4. The van der Waals surface area contributed by atoms with Crippen LogP contribution in [0.25, 0.3) is 11.4 Å². The predicted octanol–water partition coefficient (Wildman–Crippen LogP) is 3.86. The van der Waals surface area contributed by atoms with Crippen molar-refractivity contribution in [3.63, 3.8) is 0 Å². The number of halogens is 3. The molecule has 0 spiro atoms. The Hall–Kier alpha value is -3.96. The number of ether oxygens (including phenoxy) is 1. The van der Waals surface area contributed by atoms with Gasteiger partial charge in [-0.2, -0.15) is 18.2 Å². The third kappa shape index (κ3) is 5.53. The first kappa shape index (κ1) is 20.8. The highest BCUT2D eigenvalue weighted by Crippen LogP contribution is 2.29. The number of hydrogen-bond acceptors (Lipinski definition) is 7. The van der Waals surface area contributed by atoms with Gasteiger partial charge in [0.05, 0.1) is 0 Å². The van der Waals surface area contributed by atoms with Gasteiger partial charge < -0.3 is 14.6 Å². The van der Waals surface area contributed by atoms with Crippen molar-refractivity contribution in [2.24, 2.45) is 0 Å². The summed E-state index contributed by atoms with van der Waals surface area (Å²) in [5, 5.41) is 8.27. The molecule has 1 aromatic carbocycles. The van der Waals surface area contributed by atoms with Gasteiger partial charge in [0.15, 0.2) is 0 Å². The summed E-state index contributed by atoms with van der Waals surface area (Å²) in [6.45, 7) is 1.30. The minimum atomic E-state index is -4.73. The molecule has 12 heteroatoms. The summed E-state index contributed by atoms with van der Waals surface area (Å²) in [5.41, 5.74) is 1.23. The molecule has 3 rings (SSSR count). The maximum atomic E-state index is 12.5. The summed E-state index contributed by atoms with van der Waals surface area (Å²) in [5.74, 6) is -1.55. The third-order valence-corrected chi connectivity index (χ3v) is 3.56. The summed E-state index contributed by atoms with van der Waals surface area (Å²) >= 11 is 0. The number of anilines is 2. The fourth-order valence-corrected chi connectivity index (χ4v) is 2.23. The molecule has 0 aliphatic heterocycles. The van der Waals surface area contributed by atoms with Crippen molar-refractivity contribution in [2.75, 3.05) is 10.6 Å². The van der Waals surface area contributed by atoms with Gasteiger partial charge in [-0.25, -0.2) is 9.78 Å². The van der Waals surface area contributed by atoms with E-state index in [1.54, 1.807) is 12.1 Å². The third-order valence-electron chi connectivity index (χ3n) is 3.56. The van der Waals surface area contributed by atoms with Gasteiger partial charge >= 0.3 is 18.2 Å². The Morgan fingerprint density at radius 3 is 2.40 bits per heavy atom. The van der Waals surface area contributed by atoms with E-state index in [-0.39, 0.29) is 23.9 Å². The van der Waals surface area contributed by atoms with Crippen LogP contribution in [0.4, 0.5) is 29.5 Å². The van der Waals surface area contributed by atoms with Crippen molar-refractivity contribution < 1.29 is 32.0 Å². The first-order chi connectivity index (χ1) is 14.2. The molecule has 2 amide bonds. The fourth-order valence-electron chi connectivity index (χ4n) is 2.23. The molecule has 0 radical (unpaired) electrons. The molecule has 0 bridgehead atoms. The molecular formula is C18H14F3N5O4. The molecule has 0 aliphatic carbocycles.